The molecule has 192 valence electrons. The number of imide groups is 1. The van der Waals surface area contributed by atoms with Gasteiger partial charge in [0.05, 0.1) is 38.7 Å². The summed E-state index contributed by atoms with van der Waals surface area (Å²) in [6, 6.07) is 19.5. The van der Waals surface area contributed by atoms with E-state index in [9.17, 15) is 22.8 Å². The molecule has 4 aromatic carbocycles. The molecule has 1 aliphatic heterocycles. The number of carbonyl (C=O) groups excluding carboxylic acids is 2. The van der Waals surface area contributed by atoms with Crippen LogP contribution in [0.2, 0.25) is 15.1 Å². The molecule has 9 heteroatoms. The average molecular weight is 575 g/mol. The van der Waals surface area contributed by atoms with Gasteiger partial charge in [-0.15, -0.1) is 0 Å². The predicted molar refractivity (Wildman–Crippen MR) is 144 cm³/mol. The number of hydrogen-bond acceptors (Lipinski definition) is 2. The van der Waals surface area contributed by atoms with E-state index in [1.807, 2.05) is 0 Å². The van der Waals surface area contributed by atoms with Crippen molar-refractivity contribution in [3.63, 3.8) is 0 Å². The van der Waals surface area contributed by atoms with E-state index in [2.05, 4.69) is 0 Å². The van der Waals surface area contributed by atoms with Crippen molar-refractivity contribution in [1.82, 2.24) is 4.90 Å². The van der Waals surface area contributed by atoms with Crippen LogP contribution in [-0.2, 0) is 6.54 Å². The van der Waals surface area contributed by atoms with Gasteiger partial charge in [0.2, 0.25) is 0 Å². The maximum Gasteiger partial charge on any atom is 0.399 e. The first kappa shape index (κ1) is 26.3. The lowest BCUT2D eigenvalue weighted by Crippen LogP contribution is -2.29. The Bertz CT molecular complexity index is 1570. The van der Waals surface area contributed by atoms with Gasteiger partial charge >= 0.3 is 6.18 Å². The number of hydrogen-bond donors (Lipinski definition) is 0. The van der Waals surface area contributed by atoms with Crippen LogP contribution < -0.4 is 0 Å². The number of carbonyl (C=O) groups is 2. The van der Waals surface area contributed by atoms with Crippen molar-refractivity contribution in [1.29, 1.82) is 0 Å². The lowest BCUT2D eigenvalue weighted by Gasteiger charge is -2.19. The molecule has 0 radical (unpaired) electrons. The second kappa shape index (κ2) is 10.1. The minimum atomic E-state index is -4.61. The zero-order chi connectivity index (χ0) is 27.2. The zero-order valence-corrected chi connectivity index (χ0v) is 21.7. The molecule has 0 bridgehead atoms. The third kappa shape index (κ3) is 4.80. The molecule has 1 atom stereocenters. The van der Waals surface area contributed by atoms with Crippen molar-refractivity contribution < 1.29 is 22.8 Å². The van der Waals surface area contributed by atoms with Crippen LogP contribution >= 0.6 is 34.8 Å². The van der Waals surface area contributed by atoms with E-state index >= 15 is 0 Å². The lowest BCUT2D eigenvalue weighted by molar-refractivity contribution is -0.139. The maximum absolute atomic E-state index is 14.0. The summed E-state index contributed by atoms with van der Waals surface area (Å²) in [4.78, 5) is 26.9. The van der Waals surface area contributed by atoms with Crippen molar-refractivity contribution in [3.05, 3.63) is 122 Å². The van der Waals surface area contributed by atoms with Gasteiger partial charge in [-0.05, 0) is 51.7 Å². The first-order valence-electron chi connectivity index (χ1n) is 11.4. The van der Waals surface area contributed by atoms with Gasteiger partial charge in [-0.3, -0.25) is 14.5 Å². The van der Waals surface area contributed by atoms with Crippen LogP contribution in [0.4, 0.5) is 13.2 Å². The molecule has 38 heavy (non-hydrogen) atoms. The van der Waals surface area contributed by atoms with E-state index in [1.54, 1.807) is 60.7 Å². The van der Waals surface area contributed by atoms with Gasteiger partial charge in [0.25, 0.3) is 11.8 Å². The summed E-state index contributed by atoms with van der Waals surface area (Å²) in [6.45, 7) is 0.0316. The molecule has 0 aromatic heterocycles. The summed E-state index contributed by atoms with van der Waals surface area (Å²) >= 11 is 17.9. The first-order valence-corrected chi connectivity index (χ1v) is 12.5. The van der Waals surface area contributed by atoms with E-state index in [-0.39, 0.29) is 39.0 Å². The molecular formula is C29H17Cl3F3NO2. The van der Waals surface area contributed by atoms with Crippen LogP contribution in [-0.4, -0.2) is 22.9 Å². The van der Waals surface area contributed by atoms with Crippen LogP contribution in [0.3, 0.4) is 0 Å². The molecule has 0 N–H and O–H groups in total. The second-order valence-electron chi connectivity index (χ2n) is 8.78. The van der Waals surface area contributed by atoms with Crippen LogP contribution in [0, 0.1) is 0 Å². The highest BCUT2D eigenvalue weighted by Gasteiger charge is 2.39. The summed E-state index contributed by atoms with van der Waals surface area (Å²) in [5.74, 6) is -2.74. The van der Waals surface area contributed by atoms with Gasteiger partial charge < -0.3 is 0 Å². The highest BCUT2D eigenvalue weighted by Crippen LogP contribution is 2.41. The summed E-state index contributed by atoms with van der Waals surface area (Å²) in [5.41, 5.74) is 1.78. The topological polar surface area (TPSA) is 37.4 Å². The van der Waals surface area contributed by atoms with Crippen molar-refractivity contribution >= 4 is 63.5 Å². The third-order valence-corrected chi connectivity index (χ3v) is 7.64. The molecule has 0 saturated carbocycles. The van der Waals surface area contributed by atoms with Crippen LogP contribution in [0.15, 0.2) is 78.9 Å². The van der Waals surface area contributed by atoms with Gasteiger partial charge in [0.1, 0.15) is 0 Å². The Balaban J connectivity index is 1.51. The number of amides is 2. The summed E-state index contributed by atoms with van der Waals surface area (Å²) < 4.78 is 42.1. The van der Waals surface area contributed by atoms with E-state index in [0.717, 1.165) is 18.2 Å². The quantitative estimate of drug-likeness (QED) is 0.176. The van der Waals surface area contributed by atoms with Gasteiger partial charge in [-0.1, -0.05) is 95.5 Å². The minimum absolute atomic E-state index is 0.0124. The highest BCUT2D eigenvalue weighted by molar-refractivity contribution is 6.48. The van der Waals surface area contributed by atoms with Crippen molar-refractivity contribution in [3.8, 4) is 0 Å². The molecule has 4 aromatic rings. The molecule has 3 nitrogen and oxygen atoms in total. The van der Waals surface area contributed by atoms with Gasteiger partial charge in [0.15, 0.2) is 0 Å². The van der Waals surface area contributed by atoms with Crippen LogP contribution in [0.1, 0.15) is 43.3 Å². The van der Waals surface area contributed by atoms with Crippen molar-refractivity contribution in [2.75, 3.05) is 0 Å². The molecule has 5 rings (SSSR count). The zero-order valence-electron chi connectivity index (χ0n) is 19.4. The van der Waals surface area contributed by atoms with Crippen molar-refractivity contribution in [2.45, 2.75) is 18.6 Å². The standard InChI is InChI=1S/C29H17Cl3F3NO2/c30-24-13-18(14-25(31)26(24)32)23(29(33,34)35)12-11-16-9-10-17(20-6-2-1-5-19(16)20)15-36-27(37)21-7-3-4-8-22(21)28(36)38/h1-14,23H,15H2/b12-11+. The molecule has 2 amide bonds. The van der Waals surface area contributed by atoms with E-state index in [4.69, 9.17) is 34.8 Å². The lowest BCUT2D eigenvalue weighted by atomic mass is 9.94. The van der Waals surface area contributed by atoms with Gasteiger partial charge in [-0.25, -0.2) is 0 Å². The number of fused-ring (bicyclic) bond motifs is 2. The molecule has 0 aliphatic carbocycles. The smallest absolute Gasteiger partial charge is 0.270 e. The van der Waals surface area contributed by atoms with E-state index in [1.165, 1.54) is 11.0 Å². The van der Waals surface area contributed by atoms with Crippen LogP contribution in [0.5, 0.6) is 0 Å². The number of allylic oxidation sites excluding steroid dienone is 1. The fourth-order valence-corrected chi connectivity index (χ4v) is 5.20. The highest BCUT2D eigenvalue weighted by atomic mass is 35.5. The number of halogens is 6. The Labute approximate surface area is 231 Å². The third-order valence-electron chi connectivity index (χ3n) is 6.44. The molecule has 1 unspecified atom stereocenters. The molecular weight excluding hydrogens is 558 g/mol. The fraction of sp³-hybridized carbons (Fsp3) is 0.103. The monoisotopic (exact) mass is 573 g/mol. The predicted octanol–water partition coefficient (Wildman–Crippen LogP) is 8.96. The molecule has 0 saturated heterocycles. The number of nitrogens with zero attached hydrogens (tertiary/aromatic N) is 1. The Kier molecular flexibility index (Phi) is 6.99. The Hall–Kier alpha value is -3.32. The second-order valence-corrected chi connectivity index (χ2v) is 9.97. The summed E-state index contributed by atoms with van der Waals surface area (Å²) in [6.07, 6.45) is -2.18. The van der Waals surface area contributed by atoms with Crippen LogP contribution in [0.25, 0.3) is 16.8 Å². The number of rotatable bonds is 5. The largest absolute Gasteiger partial charge is 0.399 e. The Morgan fingerprint density at radius 3 is 1.92 bits per heavy atom. The molecule has 0 spiro atoms. The van der Waals surface area contributed by atoms with E-state index in [0.29, 0.717) is 33.0 Å². The van der Waals surface area contributed by atoms with Gasteiger partial charge in [0, 0.05) is 0 Å². The SMILES string of the molecule is O=C1c2ccccc2C(=O)N1Cc1ccc(/C=C/C(c2cc(Cl)c(Cl)c(Cl)c2)C(F)(F)F)c2ccccc12. The first-order chi connectivity index (χ1) is 18.1. The fourth-order valence-electron chi connectivity index (χ4n) is 4.58. The molecule has 1 aliphatic rings. The number of benzene rings is 4. The van der Waals surface area contributed by atoms with Gasteiger partial charge in [-0.2, -0.15) is 13.2 Å². The Morgan fingerprint density at radius 2 is 1.34 bits per heavy atom. The Morgan fingerprint density at radius 1 is 0.789 bits per heavy atom. The normalized spacial score (nSPS) is 14.5. The summed E-state index contributed by atoms with van der Waals surface area (Å²) in [7, 11) is 0. The van der Waals surface area contributed by atoms with Crippen molar-refractivity contribution in [2.24, 2.45) is 0 Å². The molecule has 0 fully saturated rings. The average Bonchev–Trinajstić information content (AvgIpc) is 3.12. The van der Waals surface area contributed by atoms with E-state index < -0.39 is 12.1 Å². The maximum atomic E-state index is 14.0. The minimum Gasteiger partial charge on any atom is -0.270 e. The summed E-state index contributed by atoms with van der Waals surface area (Å²) in [5, 5.41) is 1.24. The molecule has 1 heterocycles. The number of alkyl halides is 3.